The number of ether oxygens (including phenoxy) is 2. The lowest BCUT2D eigenvalue weighted by Gasteiger charge is -2.30. The molecule has 0 aliphatic carbocycles. The first-order valence-electron chi connectivity index (χ1n) is 17.2. The molecule has 14 heteroatoms. The van der Waals surface area contributed by atoms with Gasteiger partial charge in [0.2, 0.25) is 11.8 Å². The number of aryl methyl sites for hydroxylation is 1. The highest BCUT2D eigenvalue weighted by Gasteiger charge is 2.42. The topological polar surface area (TPSA) is 171 Å². The molecule has 0 spiro atoms. The normalized spacial score (nSPS) is 13.7. The average Bonchev–Trinajstić information content (AvgIpc) is 3.18. The van der Waals surface area contributed by atoms with Crippen LogP contribution in [-0.4, -0.2) is 67.1 Å². The Kier molecular flexibility index (Phi) is 16.2. The van der Waals surface area contributed by atoms with Crippen molar-refractivity contribution < 1.29 is 42.3 Å². The van der Waals surface area contributed by atoms with Gasteiger partial charge in [0.25, 0.3) is 0 Å². The molecule has 4 atom stereocenters. The number of carbonyl (C=O) groups excluding carboxylic acids is 4. The maximum Gasteiger partial charge on any atom is 0.407 e. The molecule has 1 unspecified atom stereocenters. The van der Waals surface area contributed by atoms with Gasteiger partial charge in [-0.25, -0.2) is 9.59 Å². The van der Waals surface area contributed by atoms with E-state index in [0.29, 0.717) is 18.4 Å². The minimum absolute atomic E-state index is 0.00616. The molecule has 0 aliphatic rings. The molecule has 0 saturated heterocycles. The van der Waals surface area contributed by atoms with Crippen molar-refractivity contribution in [1.82, 2.24) is 20.9 Å². The van der Waals surface area contributed by atoms with Gasteiger partial charge in [0.15, 0.2) is 6.10 Å². The quantitative estimate of drug-likeness (QED) is 0.0626. The summed E-state index contributed by atoms with van der Waals surface area (Å²) in [6.07, 6.45) is 2.46. The number of nitrogens with zero attached hydrogens (tertiary/aromatic N) is 1. The molecule has 1 heterocycles. The van der Waals surface area contributed by atoms with Crippen molar-refractivity contribution in [3.05, 3.63) is 138 Å². The summed E-state index contributed by atoms with van der Waals surface area (Å²) in [4.78, 5) is 55.7. The van der Waals surface area contributed by atoms with Gasteiger partial charge in [-0.15, -0.1) is 0 Å². The molecular weight excluding hydrogens is 699 g/mol. The number of hydrogen-bond acceptors (Lipinski definition) is 10. The largest absolute Gasteiger partial charge is 0.464 e. The van der Waals surface area contributed by atoms with Crippen LogP contribution in [0.2, 0.25) is 0 Å². The van der Waals surface area contributed by atoms with Crippen LogP contribution in [0.15, 0.2) is 116 Å². The zero-order valence-corrected chi connectivity index (χ0v) is 30.6. The Labute approximate surface area is 309 Å². The third kappa shape index (κ3) is 13.9. The fourth-order valence-electron chi connectivity index (χ4n) is 5.16. The van der Waals surface area contributed by atoms with Crippen LogP contribution in [0, 0.1) is 0 Å². The highest BCUT2D eigenvalue weighted by molar-refractivity contribution is 7.54. The molecule has 0 saturated carbocycles. The molecule has 0 bridgehead atoms. The van der Waals surface area contributed by atoms with Crippen molar-refractivity contribution >= 4 is 31.5 Å². The Balaban J connectivity index is 1.42. The Bertz CT molecular complexity index is 1780. The van der Waals surface area contributed by atoms with Crippen LogP contribution in [0.25, 0.3) is 0 Å². The van der Waals surface area contributed by atoms with Crippen molar-refractivity contribution in [2.24, 2.45) is 0 Å². The maximum atomic E-state index is 14.6. The Morgan fingerprint density at radius 3 is 1.92 bits per heavy atom. The van der Waals surface area contributed by atoms with Gasteiger partial charge in [-0.1, -0.05) is 91.0 Å². The molecule has 280 valence electrons. The molecule has 13 nitrogen and oxygen atoms in total. The summed E-state index contributed by atoms with van der Waals surface area (Å²) in [6, 6.07) is 29.7. The summed E-state index contributed by atoms with van der Waals surface area (Å²) in [6.45, 7) is 1.09. The van der Waals surface area contributed by atoms with E-state index in [1.165, 1.54) is 14.0 Å². The van der Waals surface area contributed by atoms with Gasteiger partial charge in [0.1, 0.15) is 25.0 Å². The van der Waals surface area contributed by atoms with E-state index < -0.39 is 55.9 Å². The number of benzene rings is 3. The highest BCUT2D eigenvalue weighted by Crippen LogP contribution is 2.54. The minimum Gasteiger partial charge on any atom is -0.464 e. The third-order valence-electron chi connectivity index (χ3n) is 8.00. The van der Waals surface area contributed by atoms with Crippen LogP contribution in [-0.2, 0) is 63.3 Å². The van der Waals surface area contributed by atoms with E-state index in [0.717, 1.165) is 16.7 Å². The van der Waals surface area contributed by atoms with E-state index in [1.54, 1.807) is 73.1 Å². The summed E-state index contributed by atoms with van der Waals surface area (Å²) in [7, 11) is -3.14. The number of alkyl carbamates (subject to hydrolysis) is 1. The number of nitrogens with one attached hydrogen (secondary N) is 3. The van der Waals surface area contributed by atoms with Crippen molar-refractivity contribution in [3.63, 3.8) is 0 Å². The standard InChI is InChI=1S/C39H45N4O9P/c1-29(42-35(44)27-41-39(47)51-28-33-17-10-5-11-18-33)37(45)43-36(26-32-15-8-4-9-16-32)53(48,49-2)52-34(25-31-13-6-3-7-14-31)38(46)50-24-12-19-30-20-22-40-23-21-30/h3-11,13-18,20-23,29,34,36H,12,19,24-28H2,1-2H3,(H,41,47)(H,42,44)(H,43,45)/t29-,34+,36-,53?/m1/s1. The van der Waals surface area contributed by atoms with Gasteiger partial charge in [0.05, 0.1) is 6.61 Å². The van der Waals surface area contributed by atoms with Gasteiger partial charge in [-0.05, 0) is 54.2 Å². The number of hydrogen-bond donors (Lipinski definition) is 3. The molecule has 4 rings (SSSR count). The molecule has 4 aromatic rings. The Hall–Kier alpha value is -5.36. The van der Waals surface area contributed by atoms with Crippen molar-refractivity contribution in [2.75, 3.05) is 20.3 Å². The van der Waals surface area contributed by atoms with E-state index >= 15 is 0 Å². The lowest BCUT2D eigenvalue weighted by atomic mass is 10.1. The predicted octanol–water partition coefficient (Wildman–Crippen LogP) is 5.14. The van der Waals surface area contributed by atoms with Crippen molar-refractivity contribution in [2.45, 2.75) is 57.1 Å². The molecule has 1 aromatic heterocycles. The average molecular weight is 745 g/mol. The van der Waals surface area contributed by atoms with Gasteiger partial charge in [-0.3, -0.25) is 23.7 Å². The first-order chi connectivity index (χ1) is 25.6. The van der Waals surface area contributed by atoms with Gasteiger partial charge < -0.3 is 29.9 Å². The maximum absolute atomic E-state index is 14.6. The molecule has 3 N–H and O–H groups in total. The van der Waals surface area contributed by atoms with Crippen molar-refractivity contribution in [1.29, 1.82) is 0 Å². The third-order valence-corrected chi connectivity index (χ3v) is 10.1. The summed E-state index contributed by atoms with van der Waals surface area (Å²) in [5.41, 5.74) is 3.25. The van der Waals surface area contributed by atoms with E-state index in [-0.39, 0.29) is 26.1 Å². The van der Waals surface area contributed by atoms with E-state index in [2.05, 4.69) is 20.9 Å². The second kappa shape index (κ2) is 21.2. The highest BCUT2D eigenvalue weighted by atomic mass is 31.2. The van der Waals surface area contributed by atoms with Crippen LogP contribution in [0.3, 0.4) is 0 Å². The first-order valence-corrected chi connectivity index (χ1v) is 18.8. The number of esters is 1. The summed E-state index contributed by atoms with van der Waals surface area (Å²) >= 11 is 0. The van der Waals surface area contributed by atoms with Gasteiger partial charge in [-0.2, -0.15) is 0 Å². The van der Waals surface area contributed by atoms with Crippen LogP contribution in [0.5, 0.6) is 0 Å². The molecule has 0 radical (unpaired) electrons. The number of pyridine rings is 1. The van der Waals surface area contributed by atoms with Crippen molar-refractivity contribution in [3.8, 4) is 0 Å². The number of rotatable bonds is 20. The number of aromatic nitrogens is 1. The summed E-state index contributed by atoms with van der Waals surface area (Å²) in [5, 5.41) is 7.56. The van der Waals surface area contributed by atoms with Gasteiger partial charge in [0, 0.05) is 32.3 Å². The summed E-state index contributed by atoms with van der Waals surface area (Å²) < 4.78 is 36.9. The van der Waals surface area contributed by atoms with Gasteiger partial charge >= 0.3 is 19.7 Å². The molecule has 3 amide bonds. The SMILES string of the molecule is COP(=O)(O[C@@H](Cc1ccccc1)C(=O)OCCCc1ccncc1)[C@H](Cc1ccccc1)NC(=O)[C@@H](C)NC(=O)CNC(=O)OCc1ccccc1. The number of carbonyl (C=O) groups is 4. The van der Waals surface area contributed by atoms with Crippen LogP contribution in [0.4, 0.5) is 4.79 Å². The predicted molar refractivity (Wildman–Crippen MR) is 197 cm³/mol. The van der Waals surface area contributed by atoms with E-state index in [1.807, 2.05) is 42.5 Å². The first kappa shape index (κ1) is 40.4. The lowest BCUT2D eigenvalue weighted by Crippen LogP contribution is -2.51. The molecular formula is C39H45N4O9P. The molecule has 53 heavy (non-hydrogen) atoms. The fourth-order valence-corrected chi connectivity index (χ4v) is 6.88. The lowest BCUT2D eigenvalue weighted by molar-refractivity contribution is -0.152. The number of amides is 3. The fraction of sp³-hybridized carbons (Fsp3) is 0.308. The second-order valence-electron chi connectivity index (χ2n) is 12.1. The van der Waals surface area contributed by atoms with E-state index in [4.69, 9.17) is 18.5 Å². The second-order valence-corrected chi connectivity index (χ2v) is 14.3. The van der Waals surface area contributed by atoms with E-state index in [9.17, 15) is 23.7 Å². The van der Waals surface area contributed by atoms with Crippen LogP contribution >= 0.6 is 7.60 Å². The zero-order chi connectivity index (χ0) is 37.9. The van der Waals surface area contributed by atoms with Crippen LogP contribution in [0.1, 0.15) is 35.6 Å². The molecule has 3 aromatic carbocycles. The monoisotopic (exact) mass is 744 g/mol. The Morgan fingerprint density at radius 2 is 1.32 bits per heavy atom. The zero-order valence-electron chi connectivity index (χ0n) is 29.7. The Morgan fingerprint density at radius 1 is 0.736 bits per heavy atom. The molecule has 0 fully saturated rings. The smallest absolute Gasteiger partial charge is 0.407 e. The summed E-state index contributed by atoms with van der Waals surface area (Å²) in [5.74, 6) is -3.37. The molecule has 0 aliphatic heterocycles. The van der Waals surface area contributed by atoms with Crippen LogP contribution < -0.4 is 16.0 Å². The minimum atomic E-state index is -4.32.